The van der Waals surface area contributed by atoms with Gasteiger partial charge in [0.2, 0.25) is 0 Å². The average molecular weight is 230 g/mol. The summed E-state index contributed by atoms with van der Waals surface area (Å²) in [6, 6.07) is 4.49. The lowest BCUT2D eigenvalue weighted by molar-refractivity contribution is 0.112. The van der Waals surface area contributed by atoms with Crippen LogP contribution in [0.25, 0.3) is 0 Å². The number of aryl methyl sites for hydroxylation is 1. The van der Waals surface area contributed by atoms with Gasteiger partial charge >= 0.3 is 0 Å². The number of ether oxygens (including phenoxy) is 2. The first-order valence-electron chi connectivity index (χ1n) is 4.81. The fourth-order valence-corrected chi connectivity index (χ4v) is 1.24. The highest BCUT2D eigenvalue weighted by Crippen LogP contribution is 2.18. The minimum atomic E-state index is -0.285. The first kappa shape index (κ1) is 12.3. The molecule has 0 radical (unpaired) electrons. The molecule has 0 aliphatic heterocycles. The van der Waals surface area contributed by atoms with Gasteiger partial charge in [-0.3, -0.25) is 0 Å². The third-order valence-corrected chi connectivity index (χ3v) is 2.05. The topological polar surface area (TPSA) is 18.5 Å². The zero-order chi connectivity index (χ0) is 11.1. The summed E-state index contributed by atoms with van der Waals surface area (Å²) < 4.78 is 23.4. The lowest BCUT2D eigenvalue weighted by atomic mass is 10.2. The van der Waals surface area contributed by atoms with Crippen molar-refractivity contribution in [3.05, 3.63) is 29.6 Å². The van der Waals surface area contributed by atoms with E-state index in [1.165, 1.54) is 12.1 Å². The van der Waals surface area contributed by atoms with E-state index in [0.717, 1.165) is 5.56 Å². The molecule has 0 aliphatic rings. The van der Waals surface area contributed by atoms with E-state index >= 15 is 0 Å². The number of hydrogen-bond donors (Lipinski definition) is 1. The molecule has 84 valence electrons. The van der Waals surface area contributed by atoms with Gasteiger partial charge in [0.15, 0.2) is 0 Å². The molecule has 0 heterocycles. The van der Waals surface area contributed by atoms with Crippen LogP contribution in [0.4, 0.5) is 4.39 Å². The van der Waals surface area contributed by atoms with Gasteiger partial charge in [0, 0.05) is 11.8 Å². The van der Waals surface area contributed by atoms with Gasteiger partial charge in [-0.2, -0.15) is 12.6 Å². The minimum absolute atomic E-state index is 0.285. The third-order valence-electron chi connectivity index (χ3n) is 1.87. The Hall–Kier alpha value is -0.740. The summed E-state index contributed by atoms with van der Waals surface area (Å²) >= 11 is 4.01. The Morgan fingerprint density at radius 1 is 1.27 bits per heavy atom. The molecule has 1 aromatic carbocycles. The molecule has 0 saturated carbocycles. The summed E-state index contributed by atoms with van der Waals surface area (Å²) in [5.41, 5.74) is 0.922. The van der Waals surface area contributed by atoms with Crippen molar-refractivity contribution in [2.75, 3.05) is 25.6 Å². The molecule has 0 aromatic heterocycles. The molecule has 0 N–H and O–H groups in total. The molecule has 0 amide bonds. The van der Waals surface area contributed by atoms with Crippen LogP contribution in [0.1, 0.15) is 5.56 Å². The van der Waals surface area contributed by atoms with E-state index in [4.69, 9.17) is 9.47 Å². The fourth-order valence-electron chi connectivity index (χ4n) is 1.11. The number of benzene rings is 1. The molecule has 0 fully saturated rings. The second-order valence-electron chi connectivity index (χ2n) is 3.09. The molecule has 0 bridgehead atoms. The second kappa shape index (κ2) is 6.69. The molecular formula is C11H15FO2S. The van der Waals surface area contributed by atoms with Crippen molar-refractivity contribution in [2.24, 2.45) is 0 Å². The number of halogens is 1. The van der Waals surface area contributed by atoms with Crippen LogP contribution < -0.4 is 4.74 Å². The van der Waals surface area contributed by atoms with E-state index in [-0.39, 0.29) is 5.82 Å². The summed E-state index contributed by atoms with van der Waals surface area (Å²) in [6.45, 7) is 3.41. The maximum atomic E-state index is 12.9. The summed E-state index contributed by atoms with van der Waals surface area (Å²) in [4.78, 5) is 0. The predicted octanol–water partition coefficient (Wildman–Crippen LogP) is 2.46. The van der Waals surface area contributed by atoms with E-state index in [1.54, 1.807) is 6.07 Å². The quantitative estimate of drug-likeness (QED) is 0.598. The van der Waals surface area contributed by atoms with Crippen molar-refractivity contribution < 1.29 is 13.9 Å². The first-order valence-corrected chi connectivity index (χ1v) is 5.45. The molecule has 2 nitrogen and oxygen atoms in total. The lowest BCUT2D eigenvalue weighted by Crippen LogP contribution is -2.08. The monoisotopic (exact) mass is 230 g/mol. The maximum Gasteiger partial charge on any atom is 0.126 e. The SMILES string of the molecule is Cc1ccc(F)cc1OCCOCCS. The summed E-state index contributed by atoms with van der Waals surface area (Å²) in [7, 11) is 0. The van der Waals surface area contributed by atoms with Gasteiger partial charge in [0.25, 0.3) is 0 Å². The Balaban J connectivity index is 2.33. The third kappa shape index (κ3) is 4.53. The average Bonchev–Trinajstić information content (AvgIpc) is 2.23. The summed E-state index contributed by atoms with van der Waals surface area (Å²) in [5, 5.41) is 0. The van der Waals surface area contributed by atoms with Crippen molar-refractivity contribution >= 4 is 12.6 Å². The molecule has 1 rings (SSSR count). The smallest absolute Gasteiger partial charge is 0.126 e. The Kier molecular flexibility index (Phi) is 5.50. The Morgan fingerprint density at radius 2 is 2.07 bits per heavy atom. The van der Waals surface area contributed by atoms with Crippen molar-refractivity contribution in [1.82, 2.24) is 0 Å². The molecule has 0 unspecified atom stereocenters. The Bertz CT molecular complexity index is 305. The Labute approximate surface area is 94.8 Å². The van der Waals surface area contributed by atoms with Crippen LogP contribution in [0.15, 0.2) is 18.2 Å². The highest BCUT2D eigenvalue weighted by molar-refractivity contribution is 7.80. The van der Waals surface area contributed by atoms with Gasteiger partial charge in [-0.15, -0.1) is 0 Å². The van der Waals surface area contributed by atoms with Crippen LogP contribution in [-0.4, -0.2) is 25.6 Å². The zero-order valence-corrected chi connectivity index (χ0v) is 9.60. The second-order valence-corrected chi connectivity index (χ2v) is 3.54. The van der Waals surface area contributed by atoms with Gasteiger partial charge in [0.1, 0.15) is 18.2 Å². The van der Waals surface area contributed by atoms with Crippen molar-refractivity contribution in [3.8, 4) is 5.75 Å². The van der Waals surface area contributed by atoms with Crippen LogP contribution in [0, 0.1) is 12.7 Å². The molecule has 1 aromatic rings. The lowest BCUT2D eigenvalue weighted by Gasteiger charge is -2.09. The van der Waals surface area contributed by atoms with Gasteiger partial charge in [-0.1, -0.05) is 6.07 Å². The fraction of sp³-hybridized carbons (Fsp3) is 0.455. The summed E-state index contributed by atoms with van der Waals surface area (Å²) in [5.74, 6) is 0.982. The van der Waals surface area contributed by atoms with Crippen LogP contribution in [0.3, 0.4) is 0 Å². The first-order chi connectivity index (χ1) is 7.24. The molecule has 0 aliphatic carbocycles. The predicted molar refractivity (Wildman–Crippen MR) is 61.3 cm³/mol. The highest BCUT2D eigenvalue weighted by Gasteiger charge is 2.00. The number of thiol groups is 1. The summed E-state index contributed by atoms with van der Waals surface area (Å²) in [6.07, 6.45) is 0. The molecule has 4 heteroatoms. The van der Waals surface area contributed by atoms with Crippen molar-refractivity contribution in [3.63, 3.8) is 0 Å². The van der Waals surface area contributed by atoms with Gasteiger partial charge in [0.05, 0.1) is 13.2 Å². The zero-order valence-electron chi connectivity index (χ0n) is 8.70. The van der Waals surface area contributed by atoms with Gasteiger partial charge < -0.3 is 9.47 Å². The molecular weight excluding hydrogens is 215 g/mol. The standard InChI is InChI=1S/C11H15FO2S/c1-9-2-3-10(12)8-11(9)14-5-4-13-6-7-15/h2-3,8,15H,4-7H2,1H3. The number of rotatable bonds is 6. The molecule has 15 heavy (non-hydrogen) atoms. The molecule has 0 spiro atoms. The number of hydrogen-bond acceptors (Lipinski definition) is 3. The normalized spacial score (nSPS) is 10.3. The Morgan fingerprint density at radius 3 is 2.80 bits per heavy atom. The van der Waals surface area contributed by atoms with E-state index in [0.29, 0.717) is 31.3 Å². The molecule has 0 saturated heterocycles. The van der Waals surface area contributed by atoms with E-state index in [2.05, 4.69) is 12.6 Å². The van der Waals surface area contributed by atoms with E-state index in [1.807, 2.05) is 6.92 Å². The van der Waals surface area contributed by atoms with E-state index < -0.39 is 0 Å². The van der Waals surface area contributed by atoms with Crippen LogP contribution in [-0.2, 0) is 4.74 Å². The van der Waals surface area contributed by atoms with Crippen LogP contribution in [0.2, 0.25) is 0 Å². The van der Waals surface area contributed by atoms with Crippen LogP contribution >= 0.6 is 12.6 Å². The highest BCUT2D eigenvalue weighted by atomic mass is 32.1. The largest absolute Gasteiger partial charge is 0.491 e. The minimum Gasteiger partial charge on any atom is -0.491 e. The molecule has 0 atom stereocenters. The van der Waals surface area contributed by atoms with Gasteiger partial charge in [-0.25, -0.2) is 4.39 Å². The van der Waals surface area contributed by atoms with Gasteiger partial charge in [-0.05, 0) is 18.6 Å². The maximum absolute atomic E-state index is 12.9. The van der Waals surface area contributed by atoms with Crippen molar-refractivity contribution in [1.29, 1.82) is 0 Å². The van der Waals surface area contributed by atoms with Crippen molar-refractivity contribution in [2.45, 2.75) is 6.92 Å². The van der Waals surface area contributed by atoms with E-state index in [9.17, 15) is 4.39 Å². The van der Waals surface area contributed by atoms with Crippen LogP contribution in [0.5, 0.6) is 5.75 Å².